The molecule has 1 atom stereocenters. The van der Waals surface area contributed by atoms with Crippen molar-refractivity contribution in [1.29, 1.82) is 0 Å². The van der Waals surface area contributed by atoms with Gasteiger partial charge in [-0.1, -0.05) is 24.3 Å². The standard InChI is InChI=1S/C12H17N/c1-10-8-11-6-4-3-5-7-12(11)9-13(10)2/h4-7,10H,3,8-9H2,1-2H3. The van der Waals surface area contributed by atoms with Gasteiger partial charge in [0, 0.05) is 12.6 Å². The molecular formula is C12H17N. The Kier molecular flexibility index (Phi) is 2.36. The zero-order chi connectivity index (χ0) is 9.26. The minimum Gasteiger partial charge on any atom is -0.299 e. The van der Waals surface area contributed by atoms with Gasteiger partial charge in [0.25, 0.3) is 0 Å². The summed E-state index contributed by atoms with van der Waals surface area (Å²) in [5.74, 6) is 0. The molecule has 70 valence electrons. The first kappa shape index (κ1) is 8.76. The Morgan fingerprint density at radius 1 is 1.23 bits per heavy atom. The van der Waals surface area contributed by atoms with Gasteiger partial charge in [-0.3, -0.25) is 4.90 Å². The van der Waals surface area contributed by atoms with Crippen LogP contribution in [0, 0.1) is 0 Å². The van der Waals surface area contributed by atoms with Crippen LogP contribution in [0.25, 0.3) is 0 Å². The van der Waals surface area contributed by atoms with Gasteiger partial charge in [-0.25, -0.2) is 0 Å². The van der Waals surface area contributed by atoms with E-state index in [1.54, 1.807) is 5.57 Å². The van der Waals surface area contributed by atoms with Crippen LogP contribution < -0.4 is 0 Å². The summed E-state index contributed by atoms with van der Waals surface area (Å²) in [6, 6.07) is 0.690. The van der Waals surface area contributed by atoms with E-state index >= 15 is 0 Å². The topological polar surface area (TPSA) is 3.24 Å². The third-order valence-electron chi connectivity index (χ3n) is 3.01. The molecular weight excluding hydrogens is 158 g/mol. The Balaban J connectivity index is 2.29. The smallest absolute Gasteiger partial charge is 0.0236 e. The van der Waals surface area contributed by atoms with E-state index in [1.165, 1.54) is 12.0 Å². The average Bonchev–Trinajstić information content (AvgIpc) is 2.31. The second-order valence-corrected chi connectivity index (χ2v) is 4.06. The molecule has 0 saturated heterocycles. The third kappa shape index (κ3) is 1.75. The van der Waals surface area contributed by atoms with Gasteiger partial charge >= 0.3 is 0 Å². The summed E-state index contributed by atoms with van der Waals surface area (Å²) >= 11 is 0. The van der Waals surface area contributed by atoms with Crippen molar-refractivity contribution in [1.82, 2.24) is 4.90 Å². The highest BCUT2D eigenvalue weighted by Crippen LogP contribution is 2.25. The number of rotatable bonds is 0. The molecule has 0 aromatic rings. The molecule has 0 fully saturated rings. The van der Waals surface area contributed by atoms with Crippen LogP contribution in [-0.2, 0) is 0 Å². The highest BCUT2D eigenvalue weighted by atomic mass is 15.1. The van der Waals surface area contributed by atoms with E-state index in [0.29, 0.717) is 6.04 Å². The second-order valence-electron chi connectivity index (χ2n) is 4.06. The molecule has 2 rings (SSSR count). The monoisotopic (exact) mass is 175 g/mol. The Labute approximate surface area is 80.4 Å². The molecule has 1 heteroatoms. The van der Waals surface area contributed by atoms with Gasteiger partial charge in [0.05, 0.1) is 0 Å². The highest BCUT2D eigenvalue weighted by Gasteiger charge is 2.19. The number of likely N-dealkylation sites (N-methyl/N-ethyl adjacent to an activating group) is 1. The van der Waals surface area contributed by atoms with Crippen molar-refractivity contribution >= 4 is 0 Å². The fourth-order valence-corrected chi connectivity index (χ4v) is 1.97. The summed E-state index contributed by atoms with van der Waals surface area (Å²) in [4.78, 5) is 2.42. The molecule has 0 aromatic carbocycles. The largest absolute Gasteiger partial charge is 0.299 e. The summed E-state index contributed by atoms with van der Waals surface area (Å²) in [5, 5.41) is 0. The maximum Gasteiger partial charge on any atom is 0.0236 e. The van der Waals surface area contributed by atoms with Gasteiger partial charge in [-0.2, -0.15) is 0 Å². The van der Waals surface area contributed by atoms with Crippen LogP contribution in [0.4, 0.5) is 0 Å². The number of allylic oxidation sites excluding steroid dienone is 3. The normalized spacial score (nSPS) is 28.9. The van der Waals surface area contributed by atoms with E-state index in [-0.39, 0.29) is 0 Å². The van der Waals surface area contributed by atoms with E-state index in [9.17, 15) is 0 Å². The molecule has 13 heavy (non-hydrogen) atoms. The van der Waals surface area contributed by atoms with Crippen molar-refractivity contribution in [3.05, 3.63) is 35.5 Å². The number of hydrogen-bond donors (Lipinski definition) is 0. The Hall–Kier alpha value is -0.820. The molecule has 2 aliphatic rings. The van der Waals surface area contributed by atoms with Gasteiger partial charge in [-0.15, -0.1) is 0 Å². The maximum atomic E-state index is 2.42. The first-order valence-electron chi connectivity index (χ1n) is 5.02. The molecule has 0 radical (unpaired) electrons. The Morgan fingerprint density at radius 3 is 2.69 bits per heavy atom. The number of nitrogens with zero attached hydrogens (tertiary/aromatic N) is 1. The van der Waals surface area contributed by atoms with Crippen molar-refractivity contribution in [2.24, 2.45) is 0 Å². The van der Waals surface area contributed by atoms with Crippen molar-refractivity contribution in [3.8, 4) is 0 Å². The summed E-state index contributed by atoms with van der Waals surface area (Å²) in [6.07, 6.45) is 11.4. The van der Waals surface area contributed by atoms with Gasteiger partial charge < -0.3 is 0 Å². The molecule has 0 aromatic heterocycles. The van der Waals surface area contributed by atoms with Crippen LogP contribution in [0.15, 0.2) is 35.5 Å². The van der Waals surface area contributed by atoms with E-state index in [0.717, 1.165) is 13.0 Å². The van der Waals surface area contributed by atoms with E-state index in [1.807, 2.05) is 0 Å². The SMILES string of the molecule is CC1CC2=C(C=CCC=C2)CN1C. The zero-order valence-electron chi connectivity index (χ0n) is 8.46. The molecule has 0 bridgehead atoms. The second kappa shape index (κ2) is 3.51. The molecule has 0 spiro atoms. The molecule has 1 aliphatic carbocycles. The third-order valence-corrected chi connectivity index (χ3v) is 3.01. The number of hydrogen-bond acceptors (Lipinski definition) is 1. The summed E-state index contributed by atoms with van der Waals surface area (Å²) in [6.45, 7) is 3.41. The molecule has 1 unspecified atom stereocenters. The Morgan fingerprint density at radius 2 is 1.92 bits per heavy atom. The predicted octanol–water partition coefficient (Wildman–Crippen LogP) is 2.52. The van der Waals surface area contributed by atoms with Crippen molar-refractivity contribution in [3.63, 3.8) is 0 Å². The quantitative estimate of drug-likeness (QED) is 0.547. The molecule has 1 nitrogen and oxygen atoms in total. The molecule has 0 N–H and O–H groups in total. The first-order chi connectivity index (χ1) is 6.27. The molecule has 1 aliphatic heterocycles. The Bertz CT molecular complexity index is 255. The fourth-order valence-electron chi connectivity index (χ4n) is 1.97. The van der Waals surface area contributed by atoms with Crippen LogP contribution in [0.5, 0.6) is 0 Å². The lowest BCUT2D eigenvalue weighted by Crippen LogP contribution is -2.34. The molecule has 0 saturated carbocycles. The van der Waals surface area contributed by atoms with E-state index in [2.05, 4.69) is 43.2 Å². The zero-order valence-corrected chi connectivity index (χ0v) is 8.46. The van der Waals surface area contributed by atoms with Crippen molar-refractivity contribution in [2.75, 3.05) is 13.6 Å². The maximum absolute atomic E-state index is 2.42. The van der Waals surface area contributed by atoms with Crippen LogP contribution in [-0.4, -0.2) is 24.5 Å². The van der Waals surface area contributed by atoms with Crippen LogP contribution >= 0.6 is 0 Å². The van der Waals surface area contributed by atoms with Gasteiger partial charge in [-0.05, 0) is 38.0 Å². The van der Waals surface area contributed by atoms with Crippen LogP contribution in [0.3, 0.4) is 0 Å². The van der Waals surface area contributed by atoms with E-state index in [4.69, 9.17) is 0 Å². The highest BCUT2D eigenvalue weighted by molar-refractivity contribution is 5.39. The summed E-state index contributed by atoms with van der Waals surface area (Å²) < 4.78 is 0. The van der Waals surface area contributed by atoms with E-state index < -0.39 is 0 Å². The van der Waals surface area contributed by atoms with Gasteiger partial charge in [0.2, 0.25) is 0 Å². The summed E-state index contributed by atoms with van der Waals surface area (Å²) in [7, 11) is 2.21. The predicted molar refractivity (Wildman–Crippen MR) is 56.6 cm³/mol. The van der Waals surface area contributed by atoms with Gasteiger partial charge in [0.15, 0.2) is 0 Å². The summed E-state index contributed by atoms with van der Waals surface area (Å²) in [5.41, 5.74) is 3.05. The fraction of sp³-hybridized carbons (Fsp3) is 0.500. The van der Waals surface area contributed by atoms with Crippen molar-refractivity contribution in [2.45, 2.75) is 25.8 Å². The lowest BCUT2D eigenvalue weighted by molar-refractivity contribution is 0.265. The lowest BCUT2D eigenvalue weighted by Gasteiger charge is -2.31. The minimum atomic E-state index is 0.690. The van der Waals surface area contributed by atoms with Gasteiger partial charge in [0.1, 0.15) is 0 Å². The average molecular weight is 175 g/mol. The minimum absolute atomic E-state index is 0.690. The lowest BCUT2D eigenvalue weighted by atomic mass is 9.95. The first-order valence-corrected chi connectivity index (χ1v) is 5.02. The van der Waals surface area contributed by atoms with Crippen LogP contribution in [0.1, 0.15) is 19.8 Å². The molecule has 1 heterocycles. The van der Waals surface area contributed by atoms with Crippen LogP contribution in [0.2, 0.25) is 0 Å². The molecule has 0 amide bonds. The van der Waals surface area contributed by atoms with Crippen molar-refractivity contribution < 1.29 is 0 Å².